The Morgan fingerprint density at radius 1 is 0.974 bits per heavy atom. The van der Waals surface area contributed by atoms with Crippen molar-refractivity contribution >= 4 is 44.0 Å². The number of amides is 2. The fourth-order valence-electron chi connectivity index (χ4n) is 3.48. The maximum Gasteiger partial charge on any atom is 0.258 e. The van der Waals surface area contributed by atoms with Gasteiger partial charge in [0.05, 0.1) is 17.7 Å². The largest absolute Gasteiger partial charge is 0.484 e. The molecule has 9 nitrogen and oxygen atoms in total. The molecule has 0 atom stereocenters. The van der Waals surface area contributed by atoms with Crippen molar-refractivity contribution in [2.45, 2.75) is 31.2 Å². The molecule has 3 rings (SSSR count). The van der Waals surface area contributed by atoms with Crippen molar-refractivity contribution in [3.63, 3.8) is 0 Å². The van der Waals surface area contributed by atoms with Crippen molar-refractivity contribution in [3.8, 4) is 5.75 Å². The number of carbonyl (C=O) groups is 2. The van der Waals surface area contributed by atoms with E-state index in [4.69, 9.17) is 4.74 Å². The molecule has 0 saturated heterocycles. The van der Waals surface area contributed by atoms with Crippen LogP contribution >= 0.6 is 15.9 Å². The molecular weight excluding hydrogens is 584 g/mol. The van der Waals surface area contributed by atoms with Crippen LogP contribution in [0.15, 0.2) is 93.3 Å². The van der Waals surface area contributed by atoms with Crippen molar-refractivity contribution in [2.24, 2.45) is 5.10 Å². The highest BCUT2D eigenvalue weighted by Crippen LogP contribution is 2.19. The molecule has 2 amide bonds. The van der Waals surface area contributed by atoms with Crippen LogP contribution in [0.5, 0.6) is 5.75 Å². The third-order valence-corrected chi connectivity index (χ3v) is 7.75. The summed E-state index contributed by atoms with van der Waals surface area (Å²) in [6.07, 6.45) is 1.88. The number of ether oxygens (including phenoxy) is 1. The minimum absolute atomic E-state index is 0.0340. The van der Waals surface area contributed by atoms with Gasteiger partial charge in [0.15, 0.2) is 6.61 Å². The lowest BCUT2D eigenvalue weighted by Crippen LogP contribution is -2.40. The van der Waals surface area contributed by atoms with Crippen molar-refractivity contribution in [2.75, 3.05) is 19.7 Å². The number of hydrogen-bond donors (Lipinski definition) is 2. The second-order valence-electron chi connectivity index (χ2n) is 8.90. The minimum Gasteiger partial charge on any atom is -0.484 e. The molecule has 0 heterocycles. The molecular formula is C28H31BrN4O5S. The Labute approximate surface area is 237 Å². The van der Waals surface area contributed by atoms with Crippen LogP contribution in [-0.4, -0.2) is 56.5 Å². The molecule has 0 bridgehead atoms. The van der Waals surface area contributed by atoms with Crippen LogP contribution < -0.4 is 15.5 Å². The number of nitrogens with zero attached hydrogens (tertiary/aromatic N) is 2. The van der Waals surface area contributed by atoms with Gasteiger partial charge in [-0.3, -0.25) is 9.59 Å². The zero-order valence-corrected chi connectivity index (χ0v) is 24.1. The zero-order valence-electron chi connectivity index (χ0n) is 21.7. The SMILES string of the molecule is CC(C)NC(=O)COc1ccc(/C=N/NC(=O)CN(CCc2ccccc2)S(=O)(=O)c2ccc(Br)cc2)cc1. The summed E-state index contributed by atoms with van der Waals surface area (Å²) in [6, 6.07) is 22.6. The fourth-order valence-corrected chi connectivity index (χ4v) is 5.14. The van der Waals surface area contributed by atoms with Gasteiger partial charge >= 0.3 is 0 Å². The zero-order chi connectivity index (χ0) is 28.3. The predicted molar refractivity (Wildman–Crippen MR) is 154 cm³/mol. The van der Waals surface area contributed by atoms with Crippen molar-refractivity contribution in [1.82, 2.24) is 15.0 Å². The Morgan fingerprint density at radius 3 is 2.28 bits per heavy atom. The summed E-state index contributed by atoms with van der Waals surface area (Å²) in [5, 5.41) is 6.70. The predicted octanol–water partition coefficient (Wildman–Crippen LogP) is 3.74. The smallest absolute Gasteiger partial charge is 0.258 e. The lowest BCUT2D eigenvalue weighted by Gasteiger charge is -2.21. The number of halogens is 1. The lowest BCUT2D eigenvalue weighted by molar-refractivity contribution is -0.123. The lowest BCUT2D eigenvalue weighted by atomic mass is 10.1. The molecule has 2 N–H and O–H groups in total. The van der Waals surface area contributed by atoms with E-state index in [-0.39, 0.29) is 30.0 Å². The number of benzene rings is 3. The molecule has 0 aliphatic rings. The first-order valence-corrected chi connectivity index (χ1v) is 14.5. The molecule has 3 aromatic rings. The van der Waals surface area contributed by atoms with E-state index in [0.29, 0.717) is 17.7 Å². The van der Waals surface area contributed by atoms with Gasteiger partial charge in [0.25, 0.3) is 11.8 Å². The van der Waals surface area contributed by atoms with Crippen LogP contribution in [0.3, 0.4) is 0 Å². The molecule has 11 heteroatoms. The summed E-state index contributed by atoms with van der Waals surface area (Å²) in [5.41, 5.74) is 4.03. The molecule has 0 aliphatic heterocycles. The van der Waals surface area contributed by atoms with Crippen molar-refractivity contribution < 1.29 is 22.7 Å². The highest BCUT2D eigenvalue weighted by atomic mass is 79.9. The van der Waals surface area contributed by atoms with E-state index in [2.05, 4.69) is 31.8 Å². The summed E-state index contributed by atoms with van der Waals surface area (Å²) >= 11 is 3.31. The molecule has 206 valence electrons. The molecule has 0 aliphatic carbocycles. The van der Waals surface area contributed by atoms with Gasteiger partial charge in [-0.1, -0.05) is 46.3 Å². The molecule has 0 saturated carbocycles. The van der Waals surface area contributed by atoms with Crippen LogP contribution in [0.4, 0.5) is 0 Å². The summed E-state index contributed by atoms with van der Waals surface area (Å²) in [7, 11) is -3.93. The minimum atomic E-state index is -3.93. The summed E-state index contributed by atoms with van der Waals surface area (Å²) in [6.45, 7) is 3.37. The third kappa shape index (κ3) is 9.93. The fraction of sp³-hybridized carbons (Fsp3) is 0.250. The molecule has 0 spiro atoms. The van der Waals surface area contributed by atoms with Crippen molar-refractivity contribution in [3.05, 3.63) is 94.5 Å². The van der Waals surface area contributed by atoms with E-state index in [9.17, 15) is 18.0 Å². The van der Waals surface area contributed by atoms with Gasteiger partial charge in [-0.05, 0) is 79.9 Å². The van der Waals surface area contributed by atoms with E-state index < -0.39 is 22.5 Å². The average molecular weight is 616 g/mol. The van der Waals surface area contributed by atoms with Crippen LogP contribution in [0.25, 0.3) is 0 Å². The Morgan fingerprint density at radius 2 is 1.64 bits per heavy atom. The maximum atomic E-state index is 13.3. The average Bonchev–Trinajstić information content (AvgIpc) is 2.91. The first-order valence-electron chi connectivity index (χ1n) is 12.3. The van der Waals surface area contributed by atoms with Gasteiger partial charge in [0.1, 0.15) is 5.75 Å². The molecule has 0 radical (unpaired) electrons. The Kier molecular flexibility index (Phi) is 11.2. The van der Waals surface area contributed by atoms with Gasteiger partial charge in [0.2, 0.25) is 10.0 Å². The van der Waals surface area contributed by atoms with E-state index in [1.54, 1.807) is 36.4 Å². The van der Waals surface area contributed by atoms with Gasteiger partial charge in [-0.25, -0.2) is 13.8 Å². The normalized spacial score (nSPS) is 11.6. The Balaban J connectivity index is 1.60. The first kappa shape index (κ1) is 30.0. The van der Waals surface area contributed by atoms with Crippen molar-refractivity contribution in [1.29, 1.82) is 0 Å². The summed E-state index contributed by atoms with van der Waals surface area (Å²) in [5.74, 6) is -0.267. The van der Waals surface area contributed by atoms with Crippen LogP contribution in [0, 0.1) is 0 Å². The highest BCUT2D eigenvalue weighted by molar-refractivity contribution is 9.10. The first-order chi connectivity index (χ1) is 18.6. The molecule has 0 unspecified atom stereocenters. The van der Waals surface area contributed by atoms with E-state index >= 15 is 0 Å². The number of nitrogens with one attached hydrogen (secondary N) is 2. The molecule has 39 heavy (non-hydrogen) atoms. The third-order valence-electron chi connectivity index (χ3n) is 5.37. The van der Waals surface area contributed by atoms with E-state index in [1.165, 1.54) is 18.3 Å². The molecule has 0 aromatic heterocycles. The number of hydrogen-bond acceptors (Lipinski definition) is 6. The Bertz CT molecular complexity index is 1360. The van der Waals surface area contributed by atoms with Crippen LogP contribution in [0.2, 0.25) is 0 Å². The second-order valence-corrected chi connectivity index (χ2v) is 11.8. The molecule has 0 fully saturated rings. The maximum absolute atomic E-state index is 13.3. The Hall–Kier alpha value is -3.54. The van der Waals surface area contributed by atoms with Gasteiger partial charge in [0, 0.05) is 17.1 Å². The highest BCUT2D eigenvalue weighted by Gasteiger charge is 2.26. The van der Waals surface area contributed by atoms with Crippen LogP contribution in [0.1, 0.15) is 25.0 Å². The van der Waals surface area contributed by atoms with Gasteiger partial charge in [-0.2, -0.15) is 9.41 Å². The number of sulfonamides is 1. The topological polar surface area (TPSA) is 117 Å². The number of carbonyl (C=O) groups excluding carboxylic acids is 2. The molecule has 3 aromatic carbocycles. The van der Waals surface area contributed by atoms with E-state index in [1.807, 2.05) is 44.2 Å². The monoisotopic (exact) mass is 614 g/mol. The summed E-state index contributed by atoms with van der Waals surface area (Å²) in [4.78, 5) is 24.5. The number of rotatable bonds is 13. The van der Waals surface area contributed by atoms with Gasteiger partial charge in [-0.15, -0.1) is 0 Å². The second kappa shape index (κ2) is 14.6. The van der Waals surface area contributed by atoms with E-state index in [0.717, 1.165) is 14.3 Å². The summed E-state index contributed by atoms with van der Waals surface area (Å²) < 4.78 is 34.0. The standard InChI is InChI=1S/C28H31BrN4O5S/c1-21(2)31-28(35)20-38-25-12-8-23(9-13-25)18-30-32-27(34)19-33(17-16-22-6-4-3-5-7-22)39(36,37)26-14-10-24(29)11-15-26/h3-15,18,21H,16-17,19-20H2,1-2H3,(H,31,35)(H,32,34)/b30-18+. The number of hydrazone groups is 1. The quantitative estimate of drug-likeness (QED) is 0.225. The van der Waals surface area contributed by atoms with Crippen LogP contribution in [-0.2, 0) is 26.0 Å². The van der Waals surface area contributed by atoms with Gasteiger partial charge < -0.3 is 10.1 Å².